The fourth-order valence-electron chi connectivity index (χ4n) is 1.98. The fourth-order valence-corrected chi connectivity index (χ4v) is 1.98. The monoisotopic (exact) mass is 285 g/mol. The molecule has 0 saturated carbocycles. The van der Waals surface area contributed by atoms with Crippen molar-refractivity contribution in [3.63, 3.8) is 0 Å². The van der Waals surface area contributed by atoms with Gasteiger partial charge < -0.3 is 20.7 Å². The summed E-state index contributed by atoms with van der Waals surface area (Å²) in [4.78, 5) is 15.2. The number of hydrogen-bond acceptors (Lipinski definition) is 6. The first kappa shape index (κ1) is 11.8. The van der Waals surface area contributed by atoms with E-state index in [1.807, 2.05) is 0 Å². The van der Waals surface area contributed by atoms with Crippen LogP contribution in [0.25, 0.3) is 0 Å². The van der Waals surface area contributed by atoms with Crippen LogP contribution in [0.15, 0.2) is 17.1 Å². The van der Waals surface area contributed by atoms with Crippen molar-refractivity contribution in [1.82, 2.24) is 9.55 Å². The van der Waals surface area contributed by atoms with Gasteiger partial charge in [-0.1, -0.05) is 5.92 Å². The Kier molecular flexibility index (Phi) is 3.08. The van der Waals surface area contributed by atoms with Gasteiger partial charge in [0, 0.05) is 6.20 Å². The van der Waals surface area contributed by atoms with Gasteiger partial charge in [0.05, 0.1) is 9.30 Å². The highest BCUT2D eigenvalue weighted by molar-refractivity contribution is 5.26. The molecule has 20 heavy (non-hydrogen) atoms. The number of aromatic nitrogens is 2. The van der Waals surface area contributed by atoms with Crippen molar-refractivity contribution in [1.29, 1.82) is 0 Å². The van der Waals surface area contributed by atoms with Crippen molar-refractivity contribution in [2.45, 2.75) is 31.0 Å². The molecule has 1 fully saturated rings. The van der Waals surface area contributed by atoms with Crippen LogP contribution in [0.5, 0.6) is 0 Å². The molecule has 0 bridgehead atoms. The molecule has 1 aliphatic heterocycles. The molecule has 2 heterocycles. The van der Waals surface area contributed by atoms with Gasteiger partial charge in [-0.05, 0) is 13.0 Å². The van der Waals surface area contributed by atoms with Crippen LogP contribution in [0, 0.1) is 11.8 Å². The topological polar surface area (TPSA) is 111 Å². The average Bonchev–Trinajstić information content (AvgIpc) is 2.63. The van der Waals surface area contributed by atoms with Crippen LogP contribution in [0.3, 0.4) is 0 Å². The molecule has 0 spiro atoms. The second-order valence-electron chi connectivity index (χ2n) is 4.17. The largest absolute Gasteiger partial charge is 0.394 e. The second kappa shape index (κ2) is 5.20. The SMILES string of the molecule is [2H]C([2H])(O)[C@H]1O[C@@H](n2ccc(N)nc2=O)C(F)(C#CC)[C@H]1O. The third-order valence-corrected chi connectivity index (χ3v) is 2.90. The summed E-state index contributed by atoms with van der Waals surface area (Å²) < 4.78 is 35.2. The van der Waals surface area contributed by atoms with Crippen LogP contribution in [-0.4, -0.2) is 44.2 Å². The van der Waals surface area contributed by atoms with Gasteiger partial charge in [0.1, 0.15) is 18.0 Å². The molecule has 4 N–H and O–H groups in total. The maximum absolute atomic E-state index is 15.1. The highest BCUT2D eigenvalue weighted by atomic mass is 19.1. The Morgan fingerprint density at radius 2 is 2.50 bits per heavy atom. The standard InChI is InChI=1S/C12H14FN3O4/c1-2-4-12(13)9(18)7(6-17)20-10(12)16-5-3-8(14)15-11(16)19/h3,5,7,9-10,17-18H,6H2,1H3,(H2,14,15,19)/t7-,9+,10-,12?/m1/s1/i6D2. The number of halogens is 1. The third-order valence-electron chi connectivity index (χ3n) is 2.90. The first-order valence-corrected chi connectivity index (χ1v) is 5.64. The molecule has 108 valence electrons. The van der Waals surface area contributed by atoms with Crippen molar-refractivity contribution in [2.24, 2.45) is 0 Å². The zero-order valence-corrected chi connectivity index (χ0v) is 10.4. The minimum Gasteiger partial charge on any atom is -0.394 e. The van der Waals surface area contributed by atoms with Gasteiger partial charge >= 0.3 is 5.69 Å². The number of anilines is 1. The van der Waals surface area contributed by atoms with Gasteiger partial charge in [0.2, 0.25) is 5.67 Å². The summed E-state index contributed by atoms with van der Waals surface area (Å²) >= 11 is 0. The van der Waals surface area contributed by atoms with Gasteiger partial charge in [0.15, 0.2) is 6.23 Å². The van der Waals surface area contributed by atoms with Gasteiger partial charge in [-0.2, -0.15) is 4.98 Å². The normalized spacial score (nSPS) is 34.9. The maximum atomic E-state index is 15.1. The quantitative estimate of drug-likeness (QED) is 0.589. The van der Waals surface area contributed by atoms with E-state index in [0.717, 1.165) is 6.20 Å². The number of nitrogen functional groups attached to an aromatic ring is 1. The third kappa shape index (κ3) is 2.16. The molecule has 4 atom stereocenters. The number of aliphatic hydroxyl groups is 2. The van der Waals surface area contributed by atoms with Crippen LogP contribution < -0.4 is 11.4 Å². The Balaban J connectivity index is 2.57. The number of hydrogen-bond donors (Lipinski definition) is 3. The lowest BCUT2D eigenvalue weighted by molar-refractivity contribution is -0.0542. The Morgan fingerprint density at radius 3 is 3.05 bits per heavy atom. The molecule has 0 aliphatic carbocycles. The number of nitrogens with two attached hydrogens (primary N) is 1. The molecular formula is C12H14FN3O4. The zero-order chi connectivity index (χ0) is 16.7. The zero-order valence-electron chi connectivity index (χ0n) is 12.4. The minimum atomic E-state index is -3.04. The van der Waals surface area contributed by atoms with Crippen LogP contribution in [0.1, 0.15) is 15.9 Å². The number of rotatable bonds is 2. The van der Waals surface area contributed by atoms with E-state index in [1.54, 1.807) is 0 Å². The number of nitrogens with zero attached hydrogens (tertiary/aromatic N) is 2. The molecule has 8 heteroatoms. The van der Waals surface area contributed by atoms with E-state index in [2.05, 4.69) is 16.8 Å². The lowest BCUT2D eigenvalue weighted by Crippen LogP contribution is -2.44. The molecular weight excluding hydrogens is 269 g/mol. The molecule has 0 radical (unpaired) electrons. The van der Waals surface area contributed by atoms with Crippen molar-refractivity contribution < 1.29 is 22.1 Å². The van der Waals surface area contributed by atoms with E-state index < -0.39 is 36.4 Å². The van der Waals surface area contributed by atoms with Crippen molar-refractivity contribution in [3.8, 4) is 11.8 Å². The Labute approximate surface area is 116 Å². The van der Waals surface area contributed by atoms with Gasteiger partial charge in [-0.15, -0.1) is 5.92 Å². The lowest BCUT2D eigenvalue weighted by atomic mass is 9.96. The fraction of sp³-hybridized carbons (Fsp3) is 0.500. The summed E-state index contributed by atoms with van der Waals surface area (Å²) in [7, 11) is 0. The first-order chi connectivity index (χ1) is 10.1. The van der Waals surface area contributed by atoms with Crippen LogP contribution in [0.4, 0.5) is 10.2 Å². The van der Waals surface area contributed by atoms with E-state index in [9.17, 15) is 15.0 Å². The number of ether oxygens (including phenoxy) is 1. The molecule has 1 aromatic rings. The molecule has 2 rings (SSSR count). The predicted octanol–water partition coefficient (Wildman–Crippen LogP) is -1.19. The summed E-state index contributed by atoms with van der Waals surface area (Å²) in [5, 5.41) is 19.4. The Hall–Kier alpha value is -1.95. The van der Waals surface area contributed by atoms with Crippen molar-refractivity contribution in [2.75, 3.05) is 12.3 Å². The summed E-state index contributed by atoms with van der Waals surface area (Å²) in [6.45, 7) is -1.73. The highest BCUT2D eigenvalue weighted by Crippen LogP contribution is 2.40. The summed E-state index contributed by atoms with van der Waals surface area (Å²) in [5.41, 5.74) is 1.57. The molecule has 0 amide bonds. The summed E-state index contributed by atoms with van der Waals surface area (Å²) in [6, 6.07) is 1.21. The molecule has 1 aromatic heterocycles. The number of aliphatic hydroxyl groups excluding tert-OH is 1. The van der Waals surface area contributed by atoms with Gasteiger partial charge in [-0.3, -0.25) is 4.57 Å². The van der Waals surface area contributed by atoms with E-state index >= 15 is 4.39 Å². The molecule has 1 aliphatic rings. The average molecular weight is 285 g/mol. The smallest absolute Gasteiger partial charge is 0.351 e. The minimum absolute atomic E-state index is 0.0973. The Morgan fingerprint density at radius 1 is 1.80 bits per heavy atom. The summed E-state index contributed by atoms with van der Waals surface area (Å²) in [5.74, 6) is 4.23. The molecule has 0 aromatic carbocycles. The lowest BCUT2D eigenvalue weighted by Gasteiger charge is -2.23. The molecule has 7 nitrogen and oxygen atoms in total. The van der Waals surface area contributed by atoms with Gasteiger partial charge in [-0.25, -0.2) is 9.18 Å². The first-order valence-electron chi connectivity index (χ1n) is 6.64. The van der Waals surface area contributed by atoms with Crippen LogP contribution >= 0.6 is 0 Å². The van der Waals surface area contributed by atoms with Crippen molar-refractivity contribution in [3.05, 3.63) is 22.7 Å². The van der Waals surface area contributed by atoms with E-state index in [0.29, 0.717) is 4.57 Å². The van der Waals surface area contributed by atoms with Gasteiger partial charge in [0.25, 0.3) is 0 Å². The second-order valence-corrected chi connectivity index (χ2v) is 4.17. The van der Waals surface area contributed by atoms with E-state index in [-0.39, 0.29) is 5.82 Å². The van der Waals surface area contributed by atoms with E-state index in [1.165, 1.54) is 13.0 Å². The Bertz CT molecular complexity index is 696. The van der Waals surface area contributed by atoms with Crippen LogP contribution in [-0.2, 0) is 4.74 Å². The van der Waals surface area contributed by atoms with Crippen LogP contribution in [0.2, 0.25) is 0 Å². The molecule has 1 unspecified atom stereocenters. The summed E-state index contributed by atoms with van der Waals surface area (Å²) in [6.07, 6.45) is -4.76. The number of alkyl halides is 1. The van der Waals surface area contributed by atoms with Crippen molar-refractivity contribution >= 4 is 5.82 Å². The van der Waals surface area contributed by atoms with E-state index in [4.69, 9.17) is 13.2 Å². The molecule has 1 saturated heterocycles. The maximum Gasteiger partial charge on any atom is 0.351 e. The highest BCUT2D eigenvalue weighted by Gasteiger charge is 2.57. The predicted molar refractivity (Wildman–Crippen MR) is 67.2 cm³/mol.